The highest BCUT2D eigenvalue weighted by Gasteiger charge is 2.22. The Morgan fingerprint density at radius 1 is 1.13 bits per heavy atom. The predicted molar refractivity (Wildman–Crippen MR) is 113 cm³/mol. The van der Waals surface area contributed by atoms with E-state index in [2.05, 4.69) is 10.1 Å². The van der Waals surface area contributed by atoms with Gasteiger partial charge in [0.05, 0.1) is 11.3 Å². The Hall–Kier alpha value is -3.00. The number of nitrogens with zero attached hydrogens (tertiary/aromatic N) is 3. The number of rotatable bonds is 7. The van der Waals surface area contributed by atoms with Crippen LogP contribution in [0.2, 0.25) is 0 Å². The first-order valence-electron chi connectivity index (χ1n) is 9.83. The van der Waals surface area contributed by atoms with Crippen molar-refractivity contribution in [1.29, 1.82) is 0 Å². The van der Waals surface area contributed by atoms with E-state index in [9.17, 15) is 4.79 Å². The number of aryl methyl sites for hydroxylation is 1. The molecule has 0 atom stereocenters. The summed E-state index contributed by atoms with van der Waals surface area (Å²) in [6, 6.07) is 13.4. The van der Waals surface area contributed by atoms with E-state index in [4.69, 9.17) is 14.0 Å². The number of hydrogen-bond acceptors (Lipinski definition) is 7. The van der Waals surface area contributed by atoms with Crippen LogP contribution in [0.25, 0.3) is 0 Å². The maximum atomic E-state index is 13.4. The van der Waals surface area contributed by atoms with E-state index >= 15 is 0 Å². The van der Waals surface area contributed by atoms with E-state index in [0.29, 0.717) is 49.3 Å². The third kappa shape index (κ3) is 4.43. The smallest absolute Gasteiger partial charge is 0.255 e. The lowest BCUT2D eigenvalue weighted by atomic mass is 10.1. The Labute approximate surface area is 179 Å². The summed E-state index contributed by atoms with van der Waals surface area (Å²) in [5, 5.41) is 3.93. The molecular formula is C22H23N3O4S. The fraction of sp³-hybridized carbons (Fsp3) is 0.318. The molecule has 7 nitrogen and oxygen atoms in total. The van der Waals surface area contributed by atoms with Crippen molar-refractivity contribution < 1.29 is 18.8 Å². The molecule has 0 saturated heterocycles. The molecule has 0 unspecified atom stereocenters. The van der Waals surface area contributed by atoms with Gasteiger partial charge < -0.3 is 18.9 Å². The van der Waals surface area contributed by atoms with Gasteiger partial charge in [-0.25, -0.2) is 0 Å². The standard InChI is InChI=1S/C22H23N3O4S/c1-3-25(13-16-7-6-9-18-21(16)28-12-11-27-18)22(26)17-8-4-5-10-19(17)30-14-20-23-15(2)29-24-20/h4-10H,3,11-14H2,1-2H3. The summed E-state index contributed by atoms with van der Waals surface area (Å²) in [5.41, 5.74) is 1.60. The third-order valence-electron chi connectivity index (χ3n) is 4.72. The fourth-order valence-electron chi connectivity index (χ4n) is 3.27. The van der Waals surface area contributed by atoms with E-state index < -0.39 is 0 Å². The van der Waals surface area contributed by atoms with Gasteiger partial charge in [-0.3, -0.25) is 4.79 Å². The number of hydrogen-bond donors (Lipinski definition) is 0. The zero-order chi connectivity index (χ0) is 20.9. The summed E-state index contributed by atoms with van der Waals surface area (Å²) in [7, 11) is 0. The van der Waals surface area contributed by atoms with Crippen LogP contribution in [-0.4, -0.2) is 40.7 Å². The number of fused-ring (bicyclic) bond motifs is 1. The van der Waals surface area contributed by atoms with Crippen LogP contribution in [0.5, 0.6) is 11.5 Å². The average molecular weight is 426 g/mol. The molecule has 0 N–H and O–H groups in total. The number of benzene rings is 2. The number of para-hydroxylation sites is 1. The van der Waals surface area contributed by atoms with Crippen LogP contribution < -0.4 is 9.47 Å². The van der Waals surface area contributed by atoms with Crippen LogP contribution in [-0.2, 0) is 12.3 Å². The molecule has 4 rings (SSSR count). The molecule has 1 aromatic heterocycles. The van der Waals surface area contributed by atoms with Crippen molar-refractivity contribution in [2.75, 3.05) is 19.8 Å². The topological polar surface area (TPSA) is 77.7 Å². The Morgan fingerprint density at radius 2 is 1.97 bits per heavy atom. The molecule has 156 valence electrons. The van der Waals surface area contributed by atoms with Crippen molar-refractivity contribution in [3.8, 4) is 11.5 Å². The highest BCUT2D eigenvalue weighted by Crippen LogP contribution is 2.35. The molecule has 0 fully saturated rings. The molecule has 0 saturated carbocycles. The van der Waals surface area contributed by atoms with Crippen LogP contribution >= 0.6 is 11.8 Å². The molecule has 2 aromatic carbocycles. The normalized spacial score (nSPS) is 12.6. The van der Waals surface area contributed by atoms with Gasteiger partial charge in [-0.2, -0.15) is 4.98 Å². The number of thioether (sulfide) groups is 1. The summed E-state index contributed by atoms with van der Waals surface area (Å²) < 4.78 is 16.5. The van der Waals surface area contributed by atoms with E-state index in [1.807, 2.05) is 54.3 Å². The van der Waals surface area contributed by atoms with Crippen LogP contribution in [0.4, 0.5) is 0 Å². The van der Waals surface area contributed by atoms with Gasteiger partial charge in [0.25, 0.3) is 5.91 Å². The molecular weight excluding hydrogens is 402 g/mol. The minimum atomic E-state index is -0.0285. The molecule has 30 heavy (non-hydrogen) atoms. The highest BCUT2D eigenvalue weighted by molar-refractivity contribution is 7.98. The molecule has 3 aromatic rings. The predicted octanol–water partition coefficient (Wildman–Crippen LogP) is 4.10. The van der Waals surface area contributed by atoms with E-state index in [1.165, 1.54) is 11.8 Å². The Balaban J connectivity index is 1.53. The van der Waals surface area contributed by atoms with Gasteiger partial charge >= 0.3 is 0 Å². The van der Waals surface area contributed by atoms with E-state index in [0.717, 1.165) is 22.0 Å². The van der Waals surface area contributed by atoms with Gasteiger partial charge in [-0.05, 0) is 25.1 Å². The second-order valence-electron chi connectivity index (χ2n) is 6.78. The summed E-state index contributed by atoms with van der Waals surface area (Å²) in [6.45, 7) is 5.81. The molecule has 0 aliphatic carbocycles. The first-order chi connectivity index (χ1) is 14.7. The minimum absolute atomic E-state index is 0.0285. The number of carbonyl (C=O) groups is 1. The lowest BCUT2D eigenvalue weighted by Gasteiger charge is -2.26. The molecule has 1 amide bonds. The van der Waals surface area contributed by atoms with Crippen molar-refractivity contribution in [3.63, 3.8) is 0 Å². The number of ether oxygens (including phenoxy) is 2. The monoisotopic (exact) mass is 425 g/mol. The van der Waals surface area contributed by atoms with Crippen molar-refractivity contribution in [1.82, 2.24) is 15.0 Å². The summed E-state index contributed by atoms with van der Waals surface area (Å²) >= 11 is 1.52. The number of amides is 1. The zero-order valence-electron chi connectivity index (χ0n) is 17.0. The third-order valence-corrected chi connectivity index (χ3v) is 5.79. The van der Waals surface area contributed by atoms with Gasteiger partial charge in [-0.15, -0.1) is 11.8 Å². The Kier molecular flexibility index (Phi) is 6.23. The van der Waals surface area contributed by atoms with E-state index in [-0.39, 0.29) is 5.91 Å². The van der Waals surface area contributed by atoms with Crippen LogP contribution in [0, 0.1) is 6.92 Å². The average Bonchev–Trinajstić information content (AvgIpc) is 3.21. The maximum Gasteiger partial charge on any atom is 0.255 e. The van der Waals surface area contributed by atoms with Gasteiger partial charge in [0.2, 0.25) is 5.89 Å². The second-order valence-corrected chi connectivity index (χ2v) is 7.79. The molecule has 1 aliphatic heterocycles. The van der Waals surface area contributed by atoms with Crippen molar-refractivity contribution in [3.05, 3.63) is 65.3 Å². The summed E-state index contributed by atoms with van der Waals surface area (Å²) in [4.78, 5) is 20.3. The summed E-state index contributed by atoms with van der Waals surface area (Å²) in [6.07, 6.45) is 0. The Bertz CT molecular complexity index is 1040. The van der Waals surface area contributed by atoms with Gasteiger partial charge in [0.15, 0.2) is 17.3 Å². The Morgan fingerprint density at radius 3 is 2.77 bits per heavy atom. The van der Waals surface area contributed by atoms with Gasteiger partial charge in [-0.1, -0.05) is 29.4 Å². The van der Waals surface area contributed by atoms with Crippen LogP contribution in [0.1, 0.15) is 34.6 Å². The van der Waals surface area contributed by atoms with Crippen molar-refractivity contribution >= 4 is 17.7 Å². The molecule has 2 heterocycles. The van der Waals surface area contributed by atoms with Crippen LogP contribution in [0.15, 0.2) is 51.9 Å². The largest absolute Gasteiger partial charge is 0.486 e. The quantitative estimate of drug-likeness (QED) is 0.527. The van der Waals surface area contributed by atoms with Gasteiger partial charge in [0, 0.05) is 30.5 Å². The van der Waals surface area contributed by atoms with Crippen molar-refractivity contribution in [2.45, 2.75) is 31.0 Å². The molecule has 1 aliphatic rings. The highest BCUT2D eigenvalue weighted by atomic mass is 32.2. The molecule has 0 bridgehead atoms. The molecule has 0 radical (unpaired) electrons. The van der Waals surface area contributed by atoms with E-state index in [1.54, 1.807) is 6.92 Å². The van der Waals surface area contributed by atoms with Gasteiger partial charge in [0.1, 0.15) is 13.2 Å². The maximum absolute atomic E-state index is 13.4. The molecule has 8 heteroatoms. The second kappa shape index (κ2) is 9.21. The summed E-state index contributed by atoms with van der Waals surface area (Å²) in [5.74, 6) is 3.10. The lowest BCUT2D eigenvalue weighted by Crippen LogP contribution is -2.31. The first-order valence-corrected chi connectivity index (χ1v) is 10.8. The van der Waals surface area contributed by atoms with Crippen molar-refractivity contribution in [2.24, 2.45) is 0 Å². The zero-order valence-corrected chi connectivity index (χ0v) is 17.8. The SMILES string of the molecule is CCN(Cc1cccc2c1OCCO2)C(=O)c1ccccc1SCc1noc(C)n1. The van der Waals surface area contributed by atoms with Crippen LogP contribution in [0.3, 0.4) is 0 Å². The number of carbonyl (C=O) groups excluding carboxylic acids is 1. The lowest BCUT2D eigenvalue weighted by molar-refractivity contribution is 0.0745. The first kappa shape index (κ1) is 20.3. The number of aromatic nitrogens is 2. The minimum Gasteiger partial charge on any atom is -0.486 e. The molecule has 0 spiro atoms. The fourth-order valence-corrected chi connectivity index (χ4v) is 4.16.